The number of rotatable bonds is 2. The van der Waals surface area contributed by atoms with Gasteiger partial charge in [0.15, 0.2) is 0 Å². The molecule has 120 valence electrons. The third-order valence-corrected chi connectivity index (χ3v) is 5.04. The molecule has 1 amide bonds. The highest BCUT2D eigenvalue weighted by atomic mass is 32.1. The predicted molar refractivity (Wildman–Crippen MR) is 89.0 cm³/mol. The summed E-state index contributed by atoms with van der Waals surface area (Å²) >= 11 is 1.31. The van der Waals surface area contributed by atoms with Gasteiger partial charge in [0.05, 0.1) is 10.6 Å². The van der Waals surface area contributed by atoms with Crippen LogP contribution in [0.5, 0.6) is 0 Å². The zero-order valence-corrected chi connectivity index (χ0v) is 13.2. The fourth-order valence-electron chi connectivity index (χ4n) is 2.90. The number of anilines is 1. The number of aromatic nitrogens is 1. The monoisotopic (exact) mass is 342 g/mol. The average molecular weight is 342 g/mol. The molecule has 3 nitrogen and oxygen atoms in total. The van der Waals surface area contributed by atoms with Gasteiger partial charge in [-0.15, -0.1) is 0 Å². The van der Waals surface area contributed by atoms with Gasteiger partial charge in [0.1, 0.15) is 17.3 Å². The molecule has 2 heterocycles. The van der Waals surface area contributed by atoms with Gasteiger partial charge in [0, 0.05) is 17.9 Å². The third-order valence-electron chi connectivity index (χ3n) is 4.08. The van der Waals surface area contributed by atoms with E-state index in [1.54, 1.807) is 24.3 Å². The second-order valence-corrected chi connectivity index (χ2v) is 6.44. The lowest BCUT2D eigenvalue weighted by Gasteiger charge is -2.22. The first-order valence-corrected chi connectivity index (χ1v) is 8.20. The van der Waals surface area contributed by atoms with E-state index < -0.39 is 0 Å². The fourth-order valence-corrected chi connectivity index (χ4v) is 3.87. The van der Waals surface area contributed by atoms with Crippen LogP contribution in [0.4, 0.5) is 14.5 Å². The predicted octanol–water partition coefficient (Wildman–Crippen LogP) is 4.56. The van der Waals surface area contributed by atoms with Crippen molar-refractivity contribution in [2.24, 2.45) is 0 Å². The van der Waals surface area contributed by atoms with Crippen LogP contribution in [0.25, 0.3) is 11.3 Å². The van der Waals surface area contributed by atoms with E-state index in [4.69, 9.17) is 0 Å². The van der Waals surface area contributed by atoms with E-state index in [2.05, 4.69) is 9.69 Å². The van der Waals surface area contributed by atoms with Gasteiger partial charge in [-0.25, -0.2) is 8.78 Å². The molecular weight excluding hydrogens is 330 g/mol. The summed E-state index contributed by atoms with van der Waals surface area (Å²) in [5.41, 5.74) is 2.92. The minimum atomic E-state index is -0.323. The number of carbonyl (C=O) groups excluding carboxylic acids is 1. The van der Waals surface area contributed by atoms with E-state index in [9.17, 15) is 13.6 Å². The van der Waals surface area contributed by atoms with Crippen LogP contribution in [0.1, 0.15) is 22.8 Å². The van der Waals surface area contributed by atoms with Gasteiger partial charge in [0.25, 0.3) is 0 Å². The molecule has 3 aromatic rings. The SMILES string of the molecule is O=C1C[C@H](c2ccc(F)cc2)c2snc(-c3ccc(F)cc3)c2N1. The van der Waals surface area contributed by atoms with Crippen LogP contribution in [-0.4, -0.2) is 10.3 Å². The highest BCUT2D eigenvalue weighted by Gasteiger charge is 2.31. The van der Waals surface area contributed by atoms with Crippen molar-refractivity contribution < 1.29 is 13.6 Å². The molecule has 2 aromatic carbocycles. The first-order valence-electron chi connectivity index (χ1n) is 7.42. The molecule has 0 saturated carbocycles. The lowest BCUT2D eigenvalue weighted by molar-refractivity contribution is -0.116. The van der Waals surface area contributed by atoms with Gasteiger partial charge < -0.3 is 5.32 Å². The zero-order valence-electron chi connectivity index (χ0n) is 12.4. The Balaban J connectivity index is 1.80. The lowest BCUT2D eigenvalue weighted by Crippen LogP contribution is -2.22. The second-order valence-electron chi connectivity index (χ2n) is 5.63. The lowest BCUT2D eigenvalue weighted by atomic mass is 9.89. The van der Waals surface area contributed by atoms with Crippen molar-refractivity contribution in [3.05, 3.63) is 70.6 Å². The van der Waals surface area contributed by atoms with Crippen LogP contribution >= 0.6 is 11.5 Å². The zero-order chi connectivity index (χ0) is 16.7. The summed E-state index contributed by atoms with van der Waals surface area (Å²) in [7, 11) is 0. The Morgan fingerprint density at radius 2 is 1.62 bits per heavy atom. The summed E-state index contributed by atoms with van der Waals surface area (Å²) in [6.07, 6.45) is 0.295. The van der Waals surface area contributed by atoms with E-state index >= 15 is 0 Å². The molecule has 0 radical (unpaired) electrons. The summed E-state index contributed by atoms with van der Waals surface area (Å²) in [6, 6.07) is 12.2. The van der Waals surface area contributed by atoms with Crippen molar-refractivity contribution >= 4 is 23.1 Å². The van der Waals surface area contributed by atoms with Gasteiger partial charge >= 0.3 is 0 Å². The summed E-state index contributed by atoms with van der Waals surface area (Å²) in [4.78, 5) is 13.1. The highest BCUT2D eigenvalue weighted by Crippen LogP contribution is 2.44. The minimum Gasteiger partial charge on any atom is -0.323 e. The first kappa shape index (κ1) is 15.0. The Hall–Kier alpha value is -2.60. The van der Waals surface area contributed by atoms with Gasteiger partial charge in [-0.3, -0.25) is 4.79 Å². The van der Waals surface area contributed by atoms with E-state index in [0.29, 0.717) is 17.8 Å². The number of nitrogens with zero attached hydrogens (tertiary/aromatic N) is 1. The molecule has 0 unspecified atom stereocenters. The van der Waals surface area contributed by atoms with E-state index in [1.165, 1.54) is 35.8 Å². The molecule has 0 bridgehead atoms. The number of carbonyl (C=O) groups is 1. The van der Waals surface area contributed by atoms with Crippen LogP contribution in [0, 0.1) is 11.6 Å². The summed E-state index contributed by atoms with van der Waals surface area (Å²) in [5.74, 6) is -0.895. The Morgan fingerprint density at radius 3 is 2.29 bits per heavy atom. The fraction of sp³-hybridized carbons (Fsp3) is 0.111. The maximum Gasteiger partial charge on any atom is 0.225 e. The average Bonchev–Trinajstić information content (AvgIpc) is 2.99. The molecule has 1 aliphatic rings. The molecule has 1 aromatic heterocycles. The number of hydrogen-bond donors (Lipinski definition) is 1. The van der Waals surface area contributed by atoms with Gasteiger partial charge in [-0.1, -0.05) is 12.1 Å². The second kappa shape index (κ2) is 5.79. The molecule has 0 fully saturated rings. The summed E-state index contributed by atoms with van der Waals surface area (Å²) in [5, 5.41) is 2.87. The Bertz CT molecular complexity index is 904. The molecule has 1 N–H and O–H groups in total. The molecule has 0 saturated heterocycles. The molecule has 1 aliphatic heterocycles. The molecule has 24 heavy (non-hydrogen) atoms. The number of amides is 1. The normalized spacial score (nSPS) is 16.6. The van der Waals surface area contributed by atoms with Crippen LogP contribution in [0.3, 0.4) is 0 Å². The van der Waals surface area contributed by atoms with Crippen LogP contribution < -0.4 is 5.32 Å². The molecule has 0 aliphatic carbocycles. The first-order chi connectivity index (χ1) is 11.6. The van der Waals surface area contributed by atoms with Crippen molar-refractivity contribution in [2.75, 3.05) is 5.32 Å². The van der Waals surface area contributed by atoms with Gasteiger partial charge in [-0.05, 0) is 53.5 Å². The largest absolute Gasteiger partial charge is 0.323 e. The van der Waals surface area contributed by atoms with Crippen molar-refractivity contribution in [2.45, 2.75) is 12.3 Å². The van der Waals surface area contributed by atoms with Crippen LogP contribution in [0.2, 0.25) is 0 Å². The van der Waals surface area contributed by atoms with Crippen LogP contribution in [0.15, 0.2) is 48.5 Å². The number of nitrogens with one attached hydrogen (secondary N) is 1. The smallest absolute Gasteiger partial charge is 0.225 e. The summed E-state index contributed by atoms with van der Waals surface area (Å²) < 4.78 is 30.7. The molecule has 6 heteroatoms. The van der Waals surface area contributed by atoms with Gasteiger partial charge in [-0.2, -0.15) is 4.37 Å². The van der Waals surface area contributed by atoms with Crippen molar-refractivity contribution in [3.8, 4) is 11.3 Å². The number of benzene rings is 2. The Morgan fingerprint density at radius 1 is 1.00 bits per heavy atom. The molecule has 0 spiro atoms. The molecule has 1 atom stereocenters. The number of hydrogen-bond acceptors (Lipinski definition) is 3. The topological polar surface area (TPSA) is 42.0 Å². The maximum absolute atomic E-state index is 13.2. The highest BCUT2D eigenvalue weighted by molar-refractivity contribution is 7.07. The Kier molecular flexibility index (Phi) is 3.61. The maximum atomic E-state index is 13.2. The van der Waals surface area contributed by atoms with E-state index in [-0.39, 0.29) is 23.5 Å². The molecular formula is C18H12F2N2OS. The van der Waals surface area contributed by atoms with Crippen molar-refractivity contribution in [1.29, 1.82) is 0 Å². The van der Waals surface area contributed by atoms with E-state index in [0.717, 1.165) is 16.0 Å². The van der Waals surface area contributed by atoms with Gasteiger partial charge in [0.2, 0.25) is 5.91 Å². The Labute approximate surface area is 141 Å². The van der Waals surface area contributed by atoms with Crippen LogP contribution in [-0.2, 0) is 4.79 Å². The standard InChI is InChI=1S/C18H12F2N2OS/c19-12-5-1-10(2-6-12)14-9-15(23)21-17-16(22-24-18(14)17)11-3-7-13(20)8-4-11/h1-8,14H,9H2,(H,21,23)/t14-/m1/s1. The van der Waals surface area contributed by atoms with E-state index in [1.807, 2.05) is 0 Å². The van der Waals surface area contributed by atoms with Crippen molar-refractivity contribution in [1.82, 2.24) is 4.37 Å². The quantitative estimate of drug-likeness (QED) is 0.742. The summed E-state index contributed by atoms with van der Waals surface area (Å²) in [6.45, 7) is 0. The minimum absolute atomic E-state index is 0.111. The number of fused-ring (bicyclic) bond motifs is 1. The molecule has 4 rings (SSSR count). The third kappa shape index (κ3) is 2.59. The number of halogens is 2. The van der Waals surface area contributed by atoms with Crippen molar-refractivity contribution in [3.63, 3.8) is 0 Å².